The van der Waals surface area contributed by atoms with E-state index in [1.165, 1.54) is 46.2 Å². The van der Waals surface area contributed by atoms with Gasteiger partial charge >= 0.3 is 0 Å². The molecular weight excluding hydrogens is 625 g/mol. The maximum atomic E-state index is 16.0. The molecule has 0 spiro atoms. The molecule has 2 heterocycles. The van der Waals surface area contributed by atoms with Crippen LogP contribution in [0, 0.1) is 43.1 Å². The molecule has 5 aromatic rings. The molecule has 7 nitrogen and oxygen atoms in total. The van der Waals surface area contributed by atoms with Gasteiger partial charge in [-0.3, -0.25) is 19.0 Å². The number of primary amides is 1. The Hall–Kier alpha value is -4.77. The van der Waals surface area contributed by atoms with Gasteiger partial charge in [0.05, 0.1) is 28.2 Å². The Labute approximate surface area is 272 Å². The Kier molecular flexibility index (Phi) is 7.74. The van der Waals surface area contributed by atoms with Crippen molar-refractivity contribution in [2.75, 3.05) is 0 Å². The van der Waals surface area contributed by atoms with Crippen molar-refractivity contribution in [3.8, 4) is 5.13 Å². The molecule has 47 heavy (non-hydrogen) atoms. The van der Waals surface area contributed by atoms with Crippen molar-refractivity contribution in [1.29, 1.82) is 0 Å². The molecular formula is C36H31F3N4O3S. The van der Waals surface area contributed by atoms with Gasteiger partial charge in [0.1, 0.15) is 17.5 Å². The van der Waals surface area contributed by atoms with Crippen molar-refractivity contribution in [3.63, 3.8) is 0 Å². The number of amides is 2. The Morgan fingerprint density at radius 2 is 1.64 bits per heavy atom. The van der Waals surface area contributed by atoms with Crippen LogP contribution in [0.25, 0.3) is 15.9 Å². The highest BCUT2D eigenvalue weighted by atomic mass is 32.1. The number of carbonyl (C=O) groups is 2. The van der Waals surface area contributed by atoms with Crippen molar-refractivity contribution in [2.24, 2.45) is 17.6 Å². The molecule has 11 heteroatoms. The lowest BCUT2D eigenvalue weighted by molar-refractivity contribution is 0.0930. The normalized spacial score (nSPS) is 15.9. The first-order chi connectivity index (χ1) is 22.5. The molecule has 2 amide bonds. The van der Waals surface area contributed by atoms with E-state index in [1.54, 1.807) is 37.4 Å². The number of aryl methyl sites for hydroxylation is 1. The molecule has 3 N–H and O–H groups in total. The number of benzene rings is 3. The number of nitrogens with one attached hydrogen (secondary N) is 1. The second-order valence-electron chi connectivity index (χ2n) is 12.5. The van der Waals surface area contributed by atoms with Crippen molar-refractivity contribution in [1.82, 2.24) is 14.9 Å². The monoisotopic (exact) mass is 656 g/mol. The largest absolute Gasteiger partial charge is 0.365 e. The third-order valence-electron chi connectivity index (χ3n) is 9.22. The van der Waals surface area contributed by atoms with E-state index in [2.05, 4.69) is 10.3 Å². The molecule has 2 atom stereocenters. The Morgan fingerprint density at radius 3 is 2.28 bits per heavy atom. The van der Waals surface area contributed by atoms with Gasteiger partial charge in [-0.2, -0.15) is 0 Å². The van der Waals surface area contributed by atoms with E-state index in [4.69, 9.17) is 5.73 Å². The number of aromatic nitrogens is 2. The van der Waals surface area contributed by atoms with Crippen LogP contribution >= 0.6 is 11.3 Å². The van der Waals surface area contributed by atoms with E-state index in [-0.39, 0.29) is 44.6 Å². The van der Waals surface area contributed by atoms with Crippen LogP contribution in [0.4, 0.5) is 13.2 Å². The highest BCUT2D eigenvalue weighted by Gasteiger charge is 2.40. The fourth-order valence-corrected chi connectivity index (χ4v) is 7.67. The van der Waals surface area contributed by atoms with Crippen molar-refractivity contribution in [3.05, 3.63) is 127 Å². The smallest absolute Gasteiger partial charge is 0.268 e. The fourth-order valence-electron chi connectivity index (χ4n) is 6.82. The molecule has 0 saturated heterocycles. The summed E-state index contributed by atoms with van der Waals surface area (Å²) in [6, 6.07) is 12.4. The van der Waals surface area contributed by atoms with Crippen molar-refractivity contribution >= 4 is 33.9 Å². The molecule has 2 saturated carbocycles. The fraction of sp³-hybridized carbons (Fsp3) is 0.278. The third kappa shape index (κ3) is 5.52. The first-order valence-electron chi connectivity index (χ1n) is 15.5. The molecule has 240 valence electrons. The van der Waals surface area contributed by atoms with Gasteiger partial charge in [0.2, 0.25) is 0 Å². The molecule has 0 unspecified atom stereocenters. The molecule has 0 radical (unpaired) electrons. The van der Waals surface area contributed by atoms with Crippen LogP contribution in [0.2, 0.25) is 0 Å². The van der Waals surface area contributed by atoms with Gasteiger partial charge in [-0.05, 0) is 92.3 Å². The number of hydrogen-bond acceptors (Lipinski definition) is 5. The number of nitrogens with two attached hydrogens (primary N) is 1. The van der Waals surface area contributed by atoms with Gasteiger partial charge in [-0.1, -0.05) is 30.3 Å². The standard InChI is InChI=1S/C36H31F3N4O3S/c1-17-16-47-36(41-17)43-18(2)27(34(45)42-32(20-11-12-20)21-5-3-6-22(37)15-21)30-24(13-14-26(39)31(30)35(43)46)28(19-9-10-19)23-7-4-8-25(38)29(23)33(40)44/h3-8,13-16,19-20,28,32H,9-12H2,1-2H3,(H2,40,44)(H,42,45)/t28-,32+/m1/s1. The third-order valence-corrected chi connectivity index (χ3v) is 10.2. The molecule has 2 fully saturated rings. The first kappa shape index (κ1) is 30.9. The van der Waals surface area contributed by atoms with Gasteiger partial charge in [0, 0.05) is 22.4 Å². The molecule has 7 rings (SSSR count). The average molecular weight is 657 g/mol. The van der Waals surface area contributed by atoms with E-state index < -0.39 is 46.8 Å². The zero-order valence-electron chi connectivity index (χ0n) is 25.6. The number of nitrogens with zero attached hydrogens (tertiary/aromatic N) is 2. The Bertz CT molecular complexity index is 2150. The van der Waals surface area contributed by atoms with E-state index in [0.29, 0.717) is 22.4 Å². The number of rotatable bonds is 9. The highest BCUT2D eigenvalue weighted by molar-refractivity contribution is 7.12. The van der Waals surface area contributed by atoms with Crippen LogP contribution in [-0.4, -0.2) is 21.4 Å². The number of halogens is 3. The second kappa shape index (κ2) is 11.8. The SMILES string of the molecule is Cc1csc(-n2c(C)c(C(=O)N[C@H](c3cccc(F)c3)C3CC3)c3c([C@@H](c4cccc(F)c4C(N)=O)C4CC4)ccc(F)c3c2=O)n1. The van der Waals surface area contributed by atoms with Crippen LogP contribution in [0.3, 0.4) is 0 Å². The number of pyridine rings is 1. The molecule has 2 aliphatic carbocycles. The lowest BCUT2D eigenvalue weighted by atomic mass is 9.80. The van der Waals surface area contributed by atoms with E-state index in [9.17, 15) is 18.8 Å². The summed E-state index contributed by atoms with van der Waals surface area (Å²) in [7, 11) is 0. The maximum absolute atomic E-state index is 16.0. The predicted molar refractivity (Wildman–Crippen MR) is 173 cm³/mol. The van der Waals surface area contributed by atoms with Gasteiger partial charge < -0.3 is 11.1 Å². The average Bonchev–Trinajstić information content (AvgIpc) is 3.96. The summed E-state index contributed by atoms with van der Waals surface area (Å²) in [5.74, 6) is -4.26. The van der Waals surface area contributed by atoms with Crippen LogP contribution in [-0.2, 0) is 0 Å². The zero-order valence-corrected chi connectivity index (χ0v) is 26.5. The summed E-state index contributed by atoms with van der Waals surface area (Å²) in [5, 5.41) is 4.88. The van der Waals surface area contributed by atoms with Crippen LogP contribution in [0.5, 0.6) is 0 Å². The lowest BCUT2D eigenvalue weighted by Gasteiger charge is -2.26. The second-order valence-corrected chi connectivity index (χ2v) is 13.3. The number of fused-ring (bicyclic) bond motifs is 1. The van der Waals surface area contributed by atoms with Crippen LogP contribution < -0.4 is 16.6 Å². The summed E-state index contributed by atoms with van der Waals surface area (Å²) >= 11 is 1.19. The van der Waals surface area contributed by atoms with Gasteiger partial charge in [-0.25, -0.2) is 18.2 Å². The minimum Gasteiger partial charge on any atom is -0.365 e. The summed E-state index contributed by atoms with van der Waals surface area (Å²) in [5.41, 5.74) is 6.94. The van der Waals surface area contributed by atoms with Crippen molar-refractivity contribution in [2.45, 2.75) is 51.5 Å². The highest BCUT2D eigenvalue weighted by Crippen LogP contribution is 2.50. The minimum atomic E-state index is -0.951. The summed E-state index contributed by atoms with van der Waals surface area (Å²) in [6.07, 6.45) is 3.13. The molecule has 2 aliphatic rings. The number of hydrogen-bond donors (Lipinski definition) is 2. The molecule has 0 bridgehead atoms. The quantitative estimate of drug-likeness (QED) is 0.178. The van der Waals surface area contributed by atoms with Gasteiger partial charge in [0.15, 0.2) is 5.13 Å². The topological polar surface area (TPSA) is 107 Å². The first-order valence-corrected chi connectivity index (χ1v) is 16.4. The number of carbonyl (C=O) groups excluding carboxylic acids is 2. The molecule has 2 aromatic heterocycles. The zero-order chi connectivity index (χ0) is 33.1. The van der Waals surface area contributed by atoms with E-state index in [1.807, 2.05) is 0 Å². The Balaban J connectivity index is 1.52. The van der Waals surface area contributed by atoms with Gasteiger partial charge in [0.25, 0.3) is 17.4 Å². The Morgan fingerprint density at radius 1 is 0.915 bits per heavy atom. The predicted octanol–water partition coefficient (Wildman–Crippen LogP) is 7.00. The molecule has 0 aliphatic heterocycles. The maximum Gasteiger partial charge on any atom is 0.268 e. The van der Waals surface area contributed by atoms with E-state index >= 15 is 8.78 Å². The minimum absolute atomic E-state index is 0.0479. The summed E-state index contributed by atoms with van der Waals surface area (Å²) in [6.45, 7) is 3.38. The number of thiazole rings is 1. The van der Waals surface area contributed by atoms with Crippen LogP contribution in [0.1, 0.15) is 86.4 Å². The van der Waals surface area contributed by atoms with Gasteiger partial charge in [-0.15, -0.1) is 11.3 Å². The summed E-state index contributed by atoms with van der Waals surface area (Å²) < 4.78 is 46.7. The summed E-state index contributed by atoms with van der Waals surface area (Å²) in [4.78, 5) is 45.9. The van der Waals surface area contributed by atoms with E-state index in [0.717, 1.165) is 31.7 Å². The van der Waals surface area contributed by atoms with Crippen molar-refractivity contribution < 1.29 is 22.8 Å². The lowest BCUT2D eigenvalue weighted by Crippen LogP contribution is -2.34. The molecule has 3 aromatic carbocycles. The van der Waals surface area contributed by atoms with Crippen LogP contribution in [0.15, 0.2) is 64.8 Å².